The molecule has 0 radical (unpaired) electrons. The summed E-state index contributed by atoms with van der Waals surface area (Å²) in [7, 11) is -3.09. The van der Waals surface area contributed by atoms with Crippen LogP contribution < -0.4 is 5.32 Å². The Kier molecular flexibility index (Phi) is 8.09. The van der Waals surface area contributed by atoms with Crippen molar-refractivity contribution in [1.82, 2.24) is 4.90 Å². The molecule has 2 N–H and O–H groups in total. The van der Waals surface area contributed by atoms with Gasteiger partial charge in [-0.2, -0.15) is 13.2 Å². The van der Waals surface area contributed by atoms with Gasteiger partial charge in [0.1, 0.15) is 0 Å². The van der Waals surface area contributed by atoms with E-state index in [1.165, 1.54) is 0 Å². The van der Waals surface area contributed by atoms with Gasteiger partial charge in [-0.15, -0.1) is 0 Å². The third-order valence-corrected chi connectivity index (χ3v) is 7.55. The highest BCUT2D eigenvalue weighted by atomic mass is 32.2. The minimum absolute atomic E-state index is 0.0440. The maximum atomic E-state index is 12.7. The first-order valence-electron chi connectivity index (χ1n) is 9.91. The molecule has 2 heterocycles. The average Bonchev–Trinajstić information content (AvgIpc) is 3.06. The predicted octanol–water partition coefficient (Wildman–Crippen LogP) is 2.65. The lowest BCUT2D eigenvalue weighted by Crippen LogP contribution is -2.45. The molecule has 2 aliphatic rings. The zero-order chi connectivity index (χ0) is 23.4. The van der Waals surface area contributed by atoms with Gasteiger partial charge in [0.15, 0.2) is 9.84 Å². The molecule has 31 heavy (non-hydrogen) atoms. The van der Waals surface area contributed by atoms with E-state index in [9.17, 15) is 26.4 Å². The summed E-state index contributed by atoms with van der Waals surface area (Å²) in [5, 5.41) is 9.69. The number of halogens is 3. The molecular weight excluding hydrogens is 437 g/mol. The van der Waals surface area contributed by atoms with Gasteiger partial charge < -0.3 is 15.3 Å². The van der Waals surface area contributed by atoms with Crippen molar-refractivity contribution in [2.24, 2.45) is 17.8 Å². The summed E-state index contributed by atoms with van der Waals surface area (Å²) in [6.45, 7) is 6.43. The number of nitrogens with one attached hydrogen (secondary N) is 1. The number of alkyl halides is 3. The highest BCUT2D eigenvalue weighted by molar-refractivity contribution is 7.92. The van der Waals surface area contributed by atoms with Gasteiger partial charge >= 0.3 is 12.1 Å². The van der Waals surface area contributed by atoms with Gasteiger partial charge in [0.2, 0.25) is 5.91 Å². The molecule has 3 atom stereocenters. The Morgan fingerprint density at radius 2 is 1.77 bits per heavy atom. The Labute approximate surface area is 179 Å². The first kappa shape index (κ1) is 25.1. The van der Waals surface area contributed by atoms with Crippen LogP contribution in [0.4, 0.5) is 18.9 Å². The van der Waals surface area contributed by atoms with Gasteiger partial charge in [-0.3, -0.25) is 4.79 Å². The minimum atomic E-state index is -5.08. The first-order valence-corrected chi connectivity index (χ1v) is 11.6. The normalized spacial score (nSPS) is 25.3. The Bertz CT molecular complexity index is 875. The Balaban J connectivity index is 0.000000423. The molecule has 2 saturated heterocycles. The number of benzene rings is 1. The molecule has 2 fully saturated rings. The minimum Gasteiger partial charge on any atom is -0.475 e. The number of anilines is 1. The molecular formula is C20H27F3N2O5S. The van der Waals surface area contributed by atoms with Crippen molar-refractivity contribution in [3.05, 3.63) is 30.3 Å². The Hall–Kier alpha value is -2.14. The number of carbonyl (C=O) groups excluding carboxylic acids is 1. The summed E-state index contributed by atoms with van der Waals surface area (Å²) >= 11 is 0. The van der Waals surface area contributed by atoms with Crippen LogP contribution >= 0.6 is 0 Å². The number of nitrogens with zero attached hydrogens (tertiary/aromatic N) is 1. The summed E-state index contributed by atoms with van der Waals surface area (Å²) in [6, 6.07) is 9.37. The van der Waals surface area contributed by atoms with Crippen LogP contribution in [0.5, 0.6) is 0 Å². The highest BCUT2D eigenvalue weighted by Crippen LogP contribution is 2.37. The lowest BCUT2D eigenvalue weighted by Gasteiger charge is -2.31. The summed E-state index contributed by atoms with van der Waals surface area (Å²) in [6.07, 6.45) is -4.66. The molecule has 1 amide bonds. The topological polar surface area (TPSA) is 104 Å². The fraction of sp³-hybridized carbons (Fsp3) is 0.600. The number of para-hydroxylation sites is 1. The fourth-order valence-corrected chi connectivity index (χ4v) is 6.18. The summed E-state index contributed by atoms with van der Waals surface area (Å²) < 4.78 is 56.7. The quantitative estimate of drug-likeness (QED) is 0.710. The van der Waals surface area contributed by atoms with E-state index >= 15 is 0 Å². The number of hydrogen-bond acceptors (Lipinski definition) is 5. The Morgan fingerprint density at radius 3 is 2.29 bits per heavy atom. The highest BCUT2D eigenvalue weighted by Gasteiger charge is 2.50. The molecule has 0 bridgehead atoms. The van der Waals surface area contributed by atoms with E-state index in [2.05, 4.69) is 24.1 Å². The molecule has 0 aromatic heterocycles. The van der Waals surface area contributed by atoms with Crippen molar-refractivity contribution in [2.45, 2.75) is 31.7 Å². The second-order valence-corrected chi connectivity index (χ2v) is 10.6. The average molecular weight is 465 g/mol. The first-order chi connectivity index (χ1) is 14.3. The van der Waals surface area contributed by atoms with Gasteiger partial charge in [-0.25, -0.2) is 13.2 Å². The third kappa shape index (κ3) is 6.93. The monoisotopic (exact) mass is 464 g/mol. The molecule has 0 aliphatic carbocycles. The summed E-state index contributed by atoms with van der Waals surface area (Å²) in [5.74, 6) is -2.51. The van der Waals surface area contributed by atoms with Crippen LogP contribution in [-0.4, -0.2) is 67.1 Å². The van der Waals surface area contributed by atoms with Gasteiger partial charge in [-0.05, 0) is 24.5 Å². The van der Waals surface area contributed by atoms with Crippen LogP contribution in [0.25, 0.3) is 0 Å². The van der Waals surface area contributed by atoms with Crippen molar-refractivity contribution < 1.29 is 36.3 Å². The van der Waals surface area contributed by atoms with Crippen LogP contribution in [0.1, 0.15) is 20.3 Å². The van der Waals surface area contributed by atoms with Crippen LogP contribution in [0.3, 0.4) is 0 Å². The van der Waals surface area contributed by atoms with E-state index in [4.69, 9.17) is 9.90 Å². The standard InChI is InChI=1S/C18H26N2O3S.C2HF3O2/c1-13(2)10-20-11-16-15(8-9-24(22,23)17(16)12-20)18(21)19-14-6-4-3-5-7-14;3-2(4,5)1(6)7/h3-7,13,15-17H,8-12H2,1-2H3,(H,19,21);(H,6,7)/t15-,16-,17-;/m1./s1. The zero-order valence-corrected chi connectivity index (χ0v) is 18.1. The summed E-state index contributed by atoms with van der Waals surface area (Å²) in [4.78, 5) is 23.8. The van der Waals surface area contributed by atoms with Crippen LogP contribution in [-0.2, 0) is 19.4 Å². The van der Waals surface area contributed by atoms with Crippen LogP contribution in [0.15, 0.2) is 30.3 Å². The fourth-order valence-electron chi connectivity index (χ4n) is 4.05. The predicted molar refractivity (Wildman–Crippen MR) is 109 cm³/mol. The van der Waals surface area contributed by atoms with E-state index in [1.54, 1.807) is 0 Å². The summed E-state index contributed by atoms with van der Waals surface area (Å²) in [5.41, 5.74) is 0.768. The molecule has 1 aromatic rings. The number of carboxylic acid groups (broad SMARTS) is 1. The lowest BCUT2D eigenvalue weighted by atomic mass is 9.87. The van der Waals surface area contributed by atoms with E-state index in [-0.39, 0.29) is 23.5 Å². The molecule has 11 heteroatoms. The largest absolute Gasteiger partial charge is 0.490 e. The number of rotatable bonds is 4. The smallest absolute Gasteiger partial charge is 0.475 e. The van der Waals surface area contributed by atoms with Crippen LogP contribution in [0.2, 0.25) is 0 Å². The van der Waals surface area contributed by atoms with Gasteiger partial charge in [-0.1, -0.05) is 32.0 Å². The number of fused-ring (bicyclic) bond motifs is 1. The number of carbonyl (C=O) groups is 2. The molecule has 2 aliphatic heterocycles. The number of carboxylic acids is 1. The second kappa shape index (κ2) is 9.99. The molecule has 0 unspecified atom stereocenters. The molecule has 0 saturated carbocycles. The molecule has 0 spiro atoms. The van der Waals surface area contributed by atoms with E-state index < -0.39 is 27.2 Å². The van der Waals surface area contributed by atoms with E-state index in [0.717, 1.165) is 12.2 Å². The lowest BCUT2D eigenvalue weighted by molar-refractivity contribution is -0.192. The molecule has 3 rings (SSSR count). The Morgan fingerprint density at radius 1 is 1.19 bits per heavy atom. The third-order valence-electron chi connectivity index (χ3n) is 5.32. The maximum Gasteiger partial charge on any atom is 0.490 e. The van der Waals surface area contributed by atoms with Gasteiger partial charge in [0.25, 0.3) is 0 Å². The van der Waals surface area contributed by atoms with Crippen molar-refractivity contribution in [1.29, 1.82) is 0 Å². The maximum absolute atomic E-state index is 12.7. The number of sulfone groups is 1. The number of amides is 1. The van der Waals surface area contributed by atoms with Crippen LogP contribution in [0, 0.1) is 17.8 Å². The molecule has 7 nitrogen and oxygen atoms in total. The number of aliphatic carboxylic acids is 1. The number of hydrogen-bond donors (Lipinski definition) is 2. The van der Waals surface area contributed by atoms with Gasteiger partial charge in [0, 0.05) is 37.2 Å². The van der Waals surface area contributed by atoms with E-state index in [0.29, 0.717) is 25.4 Å². The van der Waals surface area contributed by atoms with E-state index in [1.807, 2.05) is 30.3 Å². The number of likely N-dealkylation sites (tertiary alicyclic amines) is 1. The van der Waals surface area contributed by atoms with Crippen molar-refractivity contribution >= 4 is 27.4 Å². The SMILES string of the molecule is CC(C)CN1C[C@H]2[C@@H](C1)S(=O)(=O)CC[C@H]2C(=O)Nc1ccccc1.O=C(O)C(F)(F)F. The van der Waals surface area contributed by atoms with Gasteiger partial charge in [0.05, 0.1) is 11.0 Å². The van der Waals surface area contributed by atoms with Crippen molar-refractivity contribution in [3.8, 4) is 0 Å². The van der Waals surface area contributed by atoms with Crippen molar-refractivity contribution in [3.63, 3.8) is 0 Å². The molecule has 174 valence electrons. The zero-order valence-electron chi connectivity index (χ0n) is 17.3. The van der Waals surface area contributed by atoms with Crippen molar-refractivity contribution in [2.75, 3.05) is 30.7 Å². The molecule has 1 aromatic carbocycles. The second-order valence-electron chi connectivity index (χ2n) is 8.24.